The van der Waals surface area contributed by atoms with Gasteiger partial charge in [-0.3, -0.25) is 14.9 Å². The van der Waals surface area contributed by atoms with Gasteiger partial charge in [0.25, 0.3) is 5.56 Å². The third kappa shape index (κ3) is 5.16. The molecule has 10 heteroatoms. The van der Waals surface area contributed by atoms with Gasteiger partial charge in [-0.15, -0.1) is 0 Å². The normalized spacial score (nSPS) is 12.4. The number of nitro benzene ring substituents is 1. The third-order valence-electron chi connectivity index (χ3n) is 4.81. The number of halogens is 2. The highest BCUT2D eigenvalue weighted by molar-refractivity contribution is 9.10. The van der Waals surface area contributed by atoms with Gasteiger partial charge in [0.2, 0.25) is 5.75 Å². The van der Waals surface area contributed by atoms with E-state index < -0.39 is 4.92 Å². The van der Waals surface area contributed by atoms with E-state index in [9.17, 15) is 14.9 Å². The van der Waals surface area contributed by atoms with E-state index in [-0.39, 0.29) is 28.1 Å². The molecule has 0 amide bonds. The number of nitrogens with zero attached hydrogens (tertiary/aromatic N) is 4. The Balaban J connectivity index is 2.10. The SMILES string of the molecule is CCCc1nc2ccc(Br)cc2c(=O)n1N=Cc1cc(Cl)c(O[C@H](C)CC)c([N+](=O)[O-])c1. The largest absolute Gasteiger partial charge is 0.483 e. The van der Waals surface area contributed by atoms with Crippen molar-refractivity contribution in [2.75, 3.05) is 0 Å². The second-order valence-corrected chi connectivity index (χ2v) is 8.57. The molecular weight excluding hydrogens is 500 g/mol. The van der Waals surface area contributed by atoms with Gasteiger partial charge >= 0.3 is 5.69 Å². The molecule has 0 saturated heterocycles. The van der Waals surface area contributed by atoms with Crippen LogP contribution in [0.3, 0.4) is 0 Å². The molecule has 0 N–H and O–H groups in total. The number of nitro groups is 1. The molecule has 0 radical (unpaired) electrons. The maximum Gasteiger partial charge on any atom is 0.313 e. The highest BCUT2D eigenvalue weighted by Gasteiger charge is 2.22. The maximum atomic E-state index is 13.1. The van der Waals surface area contributed by atoms with E-state index in [1.54, 1.807) is 12.1 Å². The molecule has 1 atom stereocenters. The summed E-state index contributed by atoms with van der Waals surface area (Å²) in [5.41, 5.74) is 0.356. The standard InChI is InChI=1S/C22H22BrClN4O4/c1-4-6-20-26-18-8-7-15(23)11-16(18)22(29)27(20)25-12-14-9-17(24)21(32-13(3)5-2)19(10-14)28(30)31/h7-13H,4-6H2,1-3H3/t13-/m1/s1. The van der Waals surface area contributed by atoms with Gasteiger partial charge in [0.05, 0.1) is 33.2 Å². The molecule has 1 heterocycles. The zero-order chi connectivity index (χ0) is 23.4. The number of hydrogen-bond donors (Lipinski definition) is 0. The lowest BCUT2D eigenvalue weighted by Crippen LogP contribution is -2.22. The van der Waals surface area contributed by atoms with Gasteiger partial charge in [0.1, 0.15) is 5.82 Å². The molecule has 0 aliphatic heterocycles. The smallest absolute Gasteiger partial charge is 0.313 e. The topological polar surface area (TPSA) is 99.6 Å². The van der Waals surface area contributed by atoms with Gasteiger partial charge in [-0.05, 0) is 44.0 Å². The van der Waals surface area contributed by atoms with Gasteiger partial charge < -0.3 is 4.74 Å². The summed E-state index contributed by atoms with van der Waals surface area (Å²) in [6.07, 6.45) is 3.11. The molecule has 3 rings (SSSR count). The molecule has 3 aromatic rings. The number of aryl methyl sites for hydroxylation is 1. The Morgan fingerprint density at radius 2 is 2.09 bits per heavy atom. The Bertz CT molecular complexity index is 1260. The monoisotopic (exact) mass is 520 g/mol. The molecule has 2 aromatic carbocycles. The van der Waals surface area contributed by atoms with Gasteiger partial charge in [-0.25, -0.2) is 4.98 Å². The zero-order valence-corrected chi connectivity index (χ0v) is 20.2. The fourth-order valence-electron chi connectivity index (χ4n) is 3.03. The number of fused-ring (bicyclic) bond motifs is 1. The average molecular weight is 522 g/mol. The van der Waals surface area contributed by atoms with E-state index in [0.29, 0.717) is 35.1 Å². The Morgan fingerprint density at radius 3 is 2.75 bits per heavy atom. The molecule has 0 unspecified atom stereocenters. The van der Waals surface area contributed by atoms with Crippen molar-refractivity contribution in [3.8, 4) is 5.75 Å². The molecule has 1 aromatic heterocycles. The van der Waals surface area contributed by atoms with Crippen molar-refractivity contribution >= 4 is 50.3 Å². The number of rotatable bonds is 8. The number of ether oxygens (including phenoxy) is 1. The fourth-order valence-corrected chi connectivity index (χ4v) is 3.66. The van der Waals surface area contributed by atoms with Crippen molar-refractivity contribution in [3.05, 3.63) is 71.7 Å². The van der Waals surface area contributed by atoms with Crippen molar-refractivity contribution in [3.63, 3.8) is 0 Å². The first-order chi connectivity index (χ1) is 15.2. The average Bonchev–Trinajstić information content (AvgIpc) is 2.75. The van der Waals surface area contributed by atoms with E-state index in [1.165, 1.54) is 23.0 Å². The van der Waals surface area contributed by atoms with E-state index in [4.69, 9.17) is 16.3 Å². The first-order valence-corrected chi connectivity index (χ1v) is 11.3. The predicted octanol–water partition coefficient (Wildman–Crippen LogP) is 5.73. The van der Waals surface area contributed by atoms with Crippen molar-refractivity contribution in [1.29, 1.82) is 0 Å². The minimum absolute atomic E-state index is 0.0178. The molecule has 0 fully saturated rings. The summed E-state index contributed by atoms with van der Waals surface area (Å²) in [6.45, 7) is 5.69. The lowest BCUT2D eigenvalue weighted by atomic mass is 10.2. The van der Waals surface area contributed by atoms with Crippen LogP contribution in [0.15, 0.2) is 44.7 Å². The van der Waals surface area contributed by atoms with E-state index in [2.05, 4.69) is 26.0 Å². The van der Waals surface area contributed by atoms with E-state index in [0.717, 1.165) is 10.9 Å². The summed E-state index contributed by atoms with van der Waals surface area (Å²) >= 11 is 9.66. The number of hydrogen-bond acceptors (Lipinski definition) is 6. The van der Waals surface area contributed by atoms with Crippen molar-refractivity contribution < 1.29 is 9.66 Å². The number of benzene rings is 2. The van der Waals surface area contributed by atoms with E-state index >= 15 is 0 Å². The van der Waals surface area contributed by atoms with Crippen molar-refractivity contribution in [1.82, 2.24) is 9.66 Å². The molecule has 8 nitrogen and oxygen atoms in total. The first-order valence-electron chi connectivity index (χ1n) is 10.1. The second kappa shape index (κ2) is 10.2. The van der Waals surface area contributed by atoms with Crippen LogP contribution in [0.5, 0.6) is 5.75 Å². The minimum atomic E-state index is -0.551. The lowest BCUT2D eigenvalue weighted by molar-refractivity contribution is -0.386. The van der Waals surface area contributed by atoms with Gasteiger partial charge in [-0.2, -0.15) is 9.78 Å². The highest BCUT2D eigenvalue weighted by atomic mass is 79.9. The molecule has 0 aliphatic rings. The van der Waals surface area contributed by atoms with Gasteiger partial charge in [-0.1, -0.05) is 41.4 Å². The van der Waals surface area contributed by atoms with Crippen LogP contribution in [-0.4, -0.2) is 26.9 Å². The quantitative estimate of drug-likeness (QED) is 0.214. The first kappa shape index (κ1) is 23.9. The third-order valence-corrected chi connectivity index (χ3v) is 5.58. The Hall–Kier alpha value is -2.78. The van der Waals surface area contributed by atoms with Crippen LogP contribution in [0.25, 0.3) is 10.9 Å². The van der Waals surface area contributed by atoms with Gasteiger partial charge in [0.15, 0.2) is 0 Å². The van der Waals surface area contributed by atoms with Crippen LogP contribution in [-0.2, 0) is 6.42 Å². The van der Waals surface area contributed by atoms with Crippen LogP contribution in [0.2, 0.25) is 5.02 Å². The van der Waals surface area contributed by atoms with Crippen LogP contribution in [0.4, 0.5) is 5.69 Å². The number of aromatic nitrogens is 2. The van der Waals surface area contributed by atoms with Crippen LogP contribution >= 0.6 is 27.5 Å². The molecule has 0 bridgehead atoms. The molecule has 32 heavy (non-hydrogen) atoms. The van der Waals surface area contributed by atoms with E-state index in [1.807, 2.05) is 26.8 Å². The predicted molar refractivity (Wildman–Crippen MR) is 129 cm³/mol. The van der Waals surface area contributed by atoms with Gasteiger partial charge in [0, 0.05) is 22.5 Å². The summed E-state index contributed by atoms with van der Waals surface area (Å²) in [5, 5.41) is 16.4. The fraction of sp³-hybridized carbons (Fsp3) is 0.318. The highest BCUT2D eigenvalue weighted by Crippen LogP contribution is 2.36. The minimum Gasteiger partial charge on any atom is -0.483 e. The Labute approximate surface area is 198 Å². The maximum absolute atomic E-state index is 13.1. The second-order valence-electron chi connectivity index (χ2n) is 7.25. The summed E-state index contributed by atoms with van der Waals surface area (Å²) in [7, 11) is 0. The molecule has 168 valence electrons. The summed E-state index contributed by atoms with van der Waals surface area (Å²) in [4.78, 5) is 28.7. The Morgan fingerprint density at radius 1 is 1.34 bits per heavy atom. The van der Waals surface area contributed by atoms with Crippen molar-refractivity contribution in [2.24, 2.45) is 5.10 Å². The summed E-state index contributed by atoms with van der Waals surface area (Å²) < 4.78 is 7.62. The van der Waals surface area contributed by atoms with Crippen LogP contribution in [0, 0.1) is 10.1 Å². The van der Waals surface area contributed by atoms with Crippen LogP contribution < -0.4 is 10.3 Å². The van der Waals surface area contributed by atoms with Crippen LogP contribution in [0.1, 0.15) is 45.0 Å². The molecule has 0 spiro atoms. The summed E-state index contributed by atoms with van der Waals surface area (Å²) in [6, 6.07) is 8.12. The molecule has 0 aliphatic carbocycles. The Kier molecular flexibility index (Phi) is 7.63. The molecule has 0 saturated carbocycles. The lowest BCUT2D eigenvalue weighted by Gasteiger charge is -2.14. The zero-order valence-electron chi connectivity index (χ0n) is 17.8. The van der Waals surface area contributed by atoms with Crippen molar-refractivity contribution in [2.45, 2.75) is 46.1 Å². The summed E-state index contributed by atoms with van der Waals surface area (Å²) in [5.74, 6) is 0.519. The molecular formula is C22H22BrClN4O4.